The van der Waals surface area contributed by atoms with Gasteiger partial charge in [-0.3, -0.25) is 0 Å². The van der Waals surface area contributed by atoms with Crippen LogP contribution in [0.2, 0.25) is 0 Å². The van der Waals surface area contributed by atoms with Crippen LogP contribution in [0, 0.1) is 0 Å². The first-order chi connectivity index (χ1) is 29.7. The van der Waals surface area contributed by atoms with E-state index in [-0.39, 0.29) is 5.92 Å². The summed E-state index contributed by atoms with van der Waals surface area (Å²) in [6.45, 7) is 0. The van der Waals surface area contributed by atoms with E-state index < -0.39 is 0 Å². The minimum atomic E-state index is 0.214. The predicted molar refractivity (Wildman–Crippen MR) is 254 cm³/mol. The third-order valence-corrected chi connectivity index (χ3v) is 12.6. The Bertz CT molecular complexity index is 3530. The first-order valence-electron chi connectivity index (χ1n) is 20.9. The number of hydrogen-bond donors (Lipinski definition) is 0. The molecule has 0 aliphatic heterocycles. The van der Waals surface area contributed by atoms with Gasteiger partial charge >= 0.3 is 0 Å². The van der Waals surface area contributed by atoms with Crippen LogP contribution in [0.3, 0.4) is 0 Å². The van der Waals surface area contributed by atoms with E-state index in [9.17, 15) is 0 Å². The molecule has 2 heteroatoms. The van der Waals surface area contributed by atoms with Crippen LogP contribution in [-0.4, -0.2) is 0 Å². The van der Waals surface area contributed by atoms with Crippen LogP contribution in [0.15, 0.2) is 229 Å². The molecule has 0 amide bonds. The minimum absolute atomic E-state index is 0.214. The van der Waals surface area contributed by atoms with Crippen molar-refractivity contribution < 1.29 is 4.42 Å². The van der Waals surface area contributed by atoms with E-state index in [1.807, 2.05) is 12.1 Å². The van der Waals surface area contributed by atoms with Gasteiger partial charge in [0.25, 0.3) is 0 Å². The average molecular weight is 766 g/mol. The number of benzene rings is 10. The number of hydrogen-bond acceptors (Lipinski definition) is 2. The zero-order valence-electron chi connectivity index (χ0n) is 32.9. The lowest BCUT2D eigenvalue weighted by atomic mass is 9.83. The van der Waals surface area contributed by atoms with Crippen LogP contribution < -0.4 is 4.90 Å². The Balaban J connectivity index is 0.972. The van der Waals surface area contributed by atoms with Gasteiger partial charge in [0.1, 0.15) is 11.2 Å². The molecule has 0 bridgehead atoms. The molecule has 1 aliphatic rings. The number of allylic oxidation sites excluding steroid dienone is 3. The van der Waals surface area contributed by atoms with E-state index in [1.165, 1.54) is 82.3 Å². The summed E-state index contributed by atoms with van der Waals surface area (Å²) in [6.07, 6.45) is 8.10. The van der Waals surface area contributed by atoms with E-state index in [0.717, 1.165) is 34.0 Å². The summed E-state index contributed by atoms with van der Waals surface area (Å²) in [5.74, 6) is 0.214. The van der Waals surface area contributed by atoms with E-state index in [4.69, 9.17) is 4.42 Å². The minimum Gasteiger partial charge on any atom is -0.456 e. The fourth-order valence-corrected chi connectivity index (χ4v) is 9.63. The molecular weight excluding hydrogens is 727 g/mol. The highest BCUT2D eigenvalue weighted by Gasteiger charge is 2.23. The lowest BCUT2D eigenvalue weighted by molar-refractivity contribution is 0.669. The third-order valence-electron chi connectivity index (χ3n) is 12.6. The Labute approximate surface area is 348 Å². The van der Waals surface area contributed by atoms with Gasteiger partial charge in [-0.25, -0.2) is 0 Å². The number of furan rings is 1. The van der Waals surface area contributed by atoms with Crippen LogP contribution in [0.1, 0.15) is 17.9 Å². The molecule has 60 heavy (non-hydrogen) atoms. The first-order valence-corrected chi connectivity index (χ1v) is 20.9. The zero-order valence-corrected chi connectivity index (χ0v) is 32.9. The summed E-state index contributed by atoms with van der Waals surface area (Å²) in [5.41, 5.74) is 11.5. The van der Waals surface area contributed by atoms with Crippen LogP contribution in [0.4, 0.5) is 11.4 Å². The van der Waals surface area contributed by atoms with Crippen molar-refractivity contribution in [2.45, 2.75) is 12.3 Å². The van der Waals surface area contributed by atoms with Crippen LogP contribution in [-0.2, 0) is 0 Å². The molecule has 0 radical (unpaired) electrons. The summed E-state index contributed by atoms with van der Waals surface area (Å²) in [7, 11) is 0. The van der Waals surface area contributed by atoms with Crippen molar-refractivity contribution in [2.24, 2.45) is 0 Å². The lowest BCUT2D eigenvalue weighted by Crippen LogP contribution is -2.18. The molecule has 0 saturated heterocycles. The van der Waals surface area contributed by atoms with Crippen molar-refractivity contribution in [1.29, 1.82) is 0 Å². The van der Waals surface area contributed by atoms with Crippen molar-refractivity contribution >= 4 is 76.4 Å². The monoisotopic (exact) mass is 765 g/mol. The Hall–Kier alpha value is -7.68. The topological polar surface area (TPSA) is 16.4 Å². The van der Waals surface area contributed by atoms with E-state index in [1.54, 1.807) is 0 Å². The van der Waals surface area contributed by atoms with E-state index in [2.05, 4.69) is 211 Å². The first kappa shape index (κ1) is 34.4. The molecule has 1 heterocycles. The maximum absolute atomic E-state index is 6.16. The molecule has 1 unspecified atom stereocenters. The number of para-hydroxylation sites is 1. The highest BCUT2D eigenvalue weighted by molar-refractivity contribution is 6.14. The van der Waals surface area contributed by atoms with Crippen LogP contribution in [0.5, 0.6) is 0 Å². The number of nitrogens with zero attached hydrogens (tertiary/aromatic N) is 1. The zero-order chi connectivity index (χ0) is 39.6. The molecule has 1 aliphatic carbocycles. The average Bonchev–Trinajstić information content (AvgIpc) is 3.70. The summed E-state index contributed by atoms with van der Waals surface area (Å²) in [4.78, 5) is 2.46. The summed E-state index contributed by atoms with van der Waals surface area (Å²) >= 11 is 0. The van der Waals surface area contributed by atoms with Gasteiger partial charge in [-0.05, 0) is 120 Å². The van der Waals surface area contributed by atoms with Gasteiger partial charge in [0.15, 0.2) is 0 Å². The Morgan fingerprint density at radius 1 is 0.417 bits per heavy atom. The smallest absolute Gasteiger partial charge is 0.135 e. The molecule has 0 spiro atoms. The van der Waals surface area contributed by atoms with Gasteiger partial charge in [-0.2, -0.15) is 0 Å². The van der Waals surface area contributed by atoms with Crippen molar-refractivity contribution in [3.05, 3.63) is 230 Å². The molecule has 282 valence electrons. The van der Waals surface area contributed by atoms with Gasteiger partial charge in [0.2, 0.25) is 0 Å². The second-order valence-corrected chi connectivity index (χ2v) is 16.0. The number of anilines is 2. The summed E-state index contributed by atoms with van der Waals surface area (Å²) in [5, 5.41) is 12.3. The second kappa shape index (κ2) is 14.0. The van der Waals surface area contributed by atoms with E-state index in [0.29, 0.717) is 0 Å². The van der Waals surface area contributed by atoms with Crippen molar-refractivity contribution in [1.82, 2.24) is 0 Å². The molecule has 0 N–H and O–H groups in total. The van der Waals surface area contributed by atoms with Crippen LogP contribution >= 0.6 is 0 Å². The summed E-state index contributed by atoms with van der Waals surface area (Å²) in [6, 6.07) is 72.9. The van der Waals surface area contributed by atoms with Crippen molar-refractivity contribution in [3.63, 3.8) is 0 Å². The Morgan fingerprint density at radius 2 is 1.05 bits per heavy atom. The van der Waals surface area contributed by atoms with Gasteiger partial charge in [-0.1, -0.05) is 170 Å². The van der Waals surface area contributed by atoms with Gasteiger partial charge in [0, 0.05) is 33.5 Å². The van der Waals surface area contributed by atoms with Crippen molar-refractivity contribution in [3.8, 4) is 22.3 Å². The molecule has 1 aromatic heterocycles. The maximum Gasteiger partial charge on any atom is 0.135 e. The quantitative estimate of drug-likeness (QED) is 0.157. The number of rotatable bonds is 6. The molecule has 2 nitrogen and oxygen atoms in total. The van der Waals surface area contributed by atoms with E-state index >= 15 is 0 Å². The van der Waals surface area contributed by atoms with Crippen molar-refractivity contribution in [2.75, 3.05) is 4.90 Å². The Morgan fingerprint density at radius 3 is 1.87 bits per heavy atom. The fourth-order valence-electron chi connectivity index (χ4n) is 9.63. The van der Waals surface area contributed by atoms with Gasteiger partial charge in [-0.15, -0.1) is 0 Å². The predicted octanol–water partition coefficient (Wildman–Crippen LogP) is 16.3. The van der Waals surface area contributed by atoms with Gasteiger partial charge in [0.05, 0.1) is 5.69 Å². The largest absolute Gasteiger partial charge is 0.456 e. The maximum atomic E-state index is 6.16. The Kier molecular flexibility index (Phi) is 8.02. The normalized spacial score (nSPS) is 14.1. The standard InChI is InChI=1S/C58H39NO/c1-2-13-42-35-45(22-21-38(42)11-1)58-49-16-6-3-12-40(49)27-33-50(58)41-25-31-47(32-26-41)59(55-37-44-14-4-5-15-48(44)51-17-7-8-18-52(51)55)46-29-23-39(24-30-46)43-28-34-57-54(36-43)53-19-9-10-20-56(53)60-57/h1-25,27-37,41H,26H2. The van der Waals surface area contributed by atoms with Gasteiger partial charge < -0.3 is 9.32 Å². The molecular formula is C58H39NO. The third kappa shape index (κ3) is 5.72. The lowest BCUT2D eigenvalue weighted by Gasteiger charge is -2.31. The SMILES string of the molecule is C1=CC(c2ccc3ccccc3c2-c2ccc3ccccc3c2)CC=C1N(c1ccc(-c2ccc3oc4ccccc4c3c2)cc1)c1cc2ccccc2c2ccccc12. The molecule has 0 saturated carbocycles. The fraction of sp³-hybridized carbons (Fsp3) is 0.0345. The highest BCUT2D eigenvalue weighted by atomic mass is 16.3. The molecule has 12 rings (SSSR count). The van der Waals surface area contributed by atoms with Crippen LogP contribution in [0.25, 0.3) is 87.3 Å². The molecule has 0 fully saturated rings. The molecule has 11 aromatic rings. The summed E-state index contributed by atoms with van der Waals surface area (Å²) < 4.78 is 6.16. The highest BCUT2D eigenvalue weighted by Crippen LogP contribution is 2.44. The second-order valence-electron chi connectivity index (χ2n) is 16.0. The molecule has 1 atom stereocenters. The molecule has 10 aromatic carbocycles. The number of fused-ring (bicyclic) bond motifs is 8.